The van der Waals surface area contributed by atoms with E-state index in [1.165, 1.54) is 9.75 Å². The molecule has 1 heterocycles. The summed E-state index contributed by atoms with van der Waals surface area (Å²) in [6.07, 6.45) is 0.885. The Morgan fingerprint density at radius 3 is 2.91 bits per heavy atom. The third kappa shape index (κ3) is 2.56. The summed E-state index contributed by atoms with van der Waals surface area (Å²) in [7, 11) is 0. The first-order valence-corrected chi connectivity index (χ1v) is 4.91. The molecule has 0 saturated heterocycles. The minimum absolute atomic E-state index is 0.582. The van der Waals surface area contributed by atoms with Gasteiger partial charge in [-0.2, -0.15) is 0 Å². The van der Waals surface area contributed by atoms with Crippen LogP contribution in [0.2, 0.25) is 0 Å². The maximum Gasteiger partial charge on any atom is 0.0727 e. The molecule has 0 aromatic carbocycles. The molecule has 0 fully saturated rings. The molecule has 62 valence electrons. The molecule has 0 amide bonds. The molecule has 4 heteroatoms. The van der Waals surface area contributed by atoms with Crippen molar-refractivity contribution in [1.82, 2.24) is 0 Å². The van der Waals surface area contributed by atoms with Crippen LogP contribution >= 0.6 is 27.3 Å². The topological polar surface area (TPSA) is 35.2 Å². The van der Waals surface area contributed by atoms with Gasteiger partial charge in [0.1, 0.15) is 0 Å². The van der Waals surface area contributed by atoms with E-state index < -0.39 is 0 Å². The number of halogens is 1. The largest absolute Gasteiger partial charge is 0.304 e. The quantitative estimate of drug-likeness (QED) is 0.817. The average Bonchev–Trinajstić information content (AvgIpc) is 2.26. The minimum atomic E-state index is 0.582. The summed E-state index contributed by atoms with van der Waals surface area (Å²) in [4.78, 5) is 7.10. The van der Waals surface area contributed by atoms with Gasteiger partial charge in [0.15, 0.2) is 0 Å². The Labute approximate surface area is 78.4 Å². The second-order valence-electron chi connectivity index (χ2n) is 2.25. The Balaban J connectivity index is 2.62. The molecule has 0 atom stereocenters. The van der Waals surface area contributed by atoms with Crippen LogP contribution in [0.4, 0.5) is 0 Å². The molecule has 0 spiro atoms. The number of nitrogens with two attached hydrogens (primary N) is 1. The summed E-state index contributed by atoms with van der Waals surface area (Å²) in [5.41, 5.74) is 0. The molecule has 0 bridgehead atoms. The van der Waals surface area contributed by atoms with Crippen molar-refractivity contribution >= 4 is 27.3 Å². The van der Waals surface area contributed by atoms with Crippen LogP contribution in [-0.4, -0.2) is 6.61 Å². The fraction of sp³-hybridized carbons (Fsp3) is 0.429. The Kier molecular flexibility index (Phi) is 3.51. The van der Waals surface area contributed by atoms with E-state index in [0.29, 0.717) is 6.61 Å². The first-order chi connectivity index (χ1) is 5.24. The zero-order chi connectivity index (χ0) is 8.27. The molecule has 0 radical (unpaired) electrons. The Morgan fingerprint density at radius 2 is 2.45 bits per heavy atom. The predicted octanol–water partition coefficient (Wildman–Crippen LogP) is 2.25. The highest BCUT2D eigenvalue weighted by Gasteiger charge is 2.02. The van der Waals surface area contributed by atoms with E-state index in [1.807, 2.05) is 0 Å². The Morgan fingerprint density at radius 1 is 1.73 bits per heavy atom. The minimum Gasteiger partial charge on any atom is -0.304 e. The molecular weight excluding hydrogens is 226 g/mol. The van der Waals surface area contributed by atoms with Crippen LogP contribution in [0, 0.1) is 6.92 Å². The highest BCUT2D eigenvalue weighted by atomic mass is 79.9. The molecule has 1 rings (SSSR count). The van der Waals surface area contributed by atoms with Gasteiger partial charge in [0, 0.05) is 20.6 Å². The SMILES string of the molecule is Cc1cc(Br)c(CCON)s1. The van der Waals surface area contributed by atoms with E-state index in [-0.39, 0.29) is 0 Å². The highest BCUT2D eigenvalue weighted by molar-refractivity contribution is 9.10. The predicted molar refractivity (Wildman–Crippen MR) is 50.6 cm³/mol. The van der Waals surface area contributed by atoms with Crippen LogP contribution in [0.5, 0.6) is 0 Å². The Hall–Kier alpha value is 0.1000. The average molecular weight is 236 g/mol. The van der Waals surface area contributed by atoms with E-state index in [4.69, 9.17) is 5.90 Å². The van der Waals surface area contributed by atoms with Gasteiger partial charge in [0.2, 0.25) is 0 Å². The fourth-order valence-corrected chi connectivity index (χ4v) is 2.70. The van der Waals surface area contributed by atoms with Gasteiger partial charge in [0.25, 0.3) is 0 Å². The molecular formula is C7H10BrNOS. The molecule has 1 aromatic heterocycles. The lowest BCUT2D eigenvalue weighted by molar-refractivity contribution is 0.141. The van der Waals surface area contributed by atoms with Gasteiger partial charge >= 0.3 is 0 Å². The fourth-order valence-electron chi connectivity index (χ4n) is 0.854. The monoisotopic (exact) mass is 235 g/mol. The highest BCUT2D eigenvalue weighted by Crippen LogP contribution is 2.26. The number of hydrogen-bond donors (Lipinski definition) is 1. The van der Waals surface area contributed by atoms with E-state index in [9.17, 15) is 0 Å². The number of aryl methyl sites for hydroxylation is 1. The summed E-state index contributed by atoms with van der Waals surface area (Å²) in [6, 6.07) is 2.11. The second kappa shape index (κ2) is 4.21. The maximum absolute atomic E-state index is 4.92. The summed E-state index contributed by atoms with van der Waals surface area (Å²) < 4.78 is 1.16. The van der Waals surface area contributed by atoms with Crippen LogP contribution in [0.15, 0.2) is 10.5 Å². The van der Waals surface area contributed by atoms with Gasteiger partial charge in [0.05, 0.1) is 6.61 Å². The smallest absolute Gasteiger partial charge is 0.0727 e. The lowest BCUT2D eigenvalue weighted by Crippen LogP contribution is -2.02. The third-order valence-electron chi connectivity index (χ3n) is 1.33. The van der Waals surface area contributed by atoms with Crippen molar-refractivity contribution in [3.63, 3.8) is 0 Å². The molecule has 11 heavy (non-hydrogen) atoms. The lowest BCUT2D eigenvalue weighted by atomic mass is 10.3. The molecule has 0 unspecified atom stereocenters. The lowest BCUT2D eigenvalue weighted by Gasteiger charge is -1.95. The third-order valence-corrected chi connectivity index (χ3v) is 3.41. The number of thiophene rings is 1. The zero-order valence-electron chi connectivity index (χ0n) is 6.26. The van der Waals surface area contributed by atoms with Gasteiger partial charge in [-0.15, -0.1) is 11.3 Å². The summed E-state index contributed by atoms with van der Waals surface area (Å²) in [6.45, 7) is 2.67. The van der Waals surface area contributed by atoms with Gasteiger partial charge in [-0.3, -0.25) is 0 Å². The first-order valence-electron chi connectivity index (χ1n) is 3.30. The van der Waals surface area contributed by atoms with Crippen LogP contribution in [-0.2, 0) is 11.3 Å². The summed E-state index contributed by atoms with van der Waals surface area (Å²) >= 11 is 5.23. The van der Waals surface area contributed by atoms with Gasteiger partial charge < -0.3 is 4.84 Å². The van der Waals surface area contributed by atoms with E-state index in [0.717, 1.165) is 10.9 Å². The summed E-state index contributed by atoms with van der Waals surface area (Å²) in [5, 5.41) is 0. The maximum atomic E-state index is 4.92. The molecule has 0 aliphatic carbocycles. The van der Waals surface area contributed by atoms with E-state index >= 15 is 0 Å². The standard InChI is InChI=1S/C7H10BrNOS/c1-5-4-6(8)7(11-5)2-3-10-9/h4H,2-3,9H2,1H3. The van der Waals surface area contributed by atoms with Crippen molar-refractivity contribution in [1.29, 1.82) is 0 Å². The van der Waals surface area contributed by atoms with Crippen LogP contribution in [0.1, 0.15) is 9.75 Å². The van der Waals surface area contributed by atoms with Crippen molar-refractivity contribution < 1.29 is 4.84 Å². The zero-order valence-corrected chi connectivity index (χ0v) is 8.67. The molecule has 0 saturated carbocycles. The van der Waals surface area contributed by atoms with Crippen molar-refractivity contribution in [3.8, 4) is 0 Å². The van der Waals surface area contributed by atoms with E-state index in [2.05, 4.69) is 33.8 Å². The van der Waals surface area contributed by atoms with Crippen LogP contribution < -0.4 is 5.90 Å². The second-order valence-corrected chi connectivity index (χ2v) is 4.44. The normalized spacial score (nSPS) is 10.5. The van der Waals surface area contributed by atoms with Crippen molar-refractivity contribution in [2.75, 3.05) is 6.61 Å². The van der Waals surface area contributed by atoms with E-state index in [1.54, 1.807) is 11.3 Å². The van der Waals surface area contributed by atoms with Crippen molar-refractivity contribution in [2.45, 2.75) is 13.3 Å². The number of rotatable bonds is 3. The molecule has 0 aliphatic rings. The molecule has 2 nitrogen and oxygen atoms in total. The van der Waals surface area contributed by atoms with Gasteiger partial charge in [-0.25, -0.2) is 5.90 Å². The molecule has 1 aromatic rings. The van der Waals surface area contributed by atoms with Crippen molar-refractivity contribution in [3.05, 3.63) is 20.3 Å². The Bertz CT molecular complexity index is 236. The van der Waals surface area contributed by atoms with Crippen molar-refractivity contribution in [2.24, 2.45) is 5.90 Å². The van der Waals surface area contributed by atoms with Gasteiger partial charge in [-0.05, 0) is 28.9 Å². The first kappa shape index (κ1) is 9.19. The molecule has 0 aliphatic heterocycles. The van der Waals surface area contributed by atoms with Gasteiger partial charge in [-0.1, -0.05) is 0 Å². The molecule has 2 N–H and O–H groups in total. The van der Waals surface area contributed by atoms with Crippen LogP contribution in [0.25, 0.3) is 0 Å². The number of hydrogen-bond acceptors (Lipinski definition) is 3. The summed E-state index contributed by atoms with van der Waals surface area (Å²) in [5.74, 6) is 4.92. The van der Waals surface area contributed by atoms with Crippen LogP contribution in [0.3, 0.4) is 0 Å².